The maximum Gasteiger partial charge on any atom is 0.407 e. The second kappa shape index (κ2) is 6.41. The zero-order chi connectivity index (χ0) is 12.7. The van der Waals surface area contributed by atoms with Crippen LogP contribution in [-0.4, -0.2) is 35.6 Å². The smallest absolute Gasteiger partial charge is 0.407 e. The van der Waals surface area contributed by atoms with Crippen molar-refractivity contribution >= 4 is 17.7 Å². The van der Waals surface area contributed by atoms with Gasteiger partial charge in [-0.05, 0) is 6.42 Å². The van der Waals surface area contributed by atoms with E-state index >= 15 is 0 Å². The average Bonchev–Trinajstić information content (AvgIpc) is 2.36. The molecule has 2 N–H and O–H groups in total. The topological polar surface area (TPSA) is 93.2 Å². The molecule has 1 aromatic heterocycles. The van der Waals surface area contributed by atoms with Gasteiger partial charge in [0.15, 0.2) is 0 Å². The highest BCUT2D eigenvalue weighted by Crippen LogP contribution is 2.10. The lowest BCUT2D eigenvalue weighted by Gasteiger charge is -2.08. The molecule has 0 aromatic carbocycles. The van der Waals surface area contributed by atoms with Gasteiger partial charge in [0.1, 0.15) is 12.9 Å². The summed E-state index contributed by atoms with van der Waals surface area (Å²) in [5.74, 6) is -0.361. The number of carbonyl (C=O) groups is 2. The van der Waals surface area contributed by atoms with E-state index < -0.39 is 6.09 Å². The van der Waals surface area contributed by atoms with Crippen molar-refractivity contribution in [3.05, 3.63) is 18.2 Å². The molecule has 0 spiro atoms. The molecule has 1 heterocycles. The van der Waals surface area contributed by atoms with Crippen LogP contribution in [0.25, 0.3) is 0 Å². The molecule has 0 aliphatic rings. The molecule has 0 saturated carbocycles. The van der Waals surface area contributed by atoms with Crippen molar-refractivity contribution in [1.29, 1.82) is 0 Å². The summed E-state index contributed by atoms with van der Waals surface area (Å²) in [5.41, 5.74) is 1.29. The van der Waals surface area contributed by atoms with Gasteiger partial charge in [-0.15, -0.1) is 0 Å². The predicted molar refractivity (Wildman–Crippen MR) is 60.4 cm³/mol. The number of anilines is 1. The van der Waals surface area contributed by atoms with Gasteiger partial charge in [0, 0.05) is 0 Å². The number of aromatic nitrogens is 2. The van der Waals surface area contributed by atoms with E-state index in [4.69, 9.17) is 0 Å². The Kier molecular flexibility index (Phi) is 4.86. The molecule has 2 amide bonds. The first-order valence-electron chi connectivity index (χ1n) is 5.08. The van der Waals surface area contributed by atoms with E-state index in [1.807, 2.05) is 6.92 Å². The highest BCUT2D eigenvalue weighted by molar-refractivity contribution is 5.94. The van der Waals surface area contributed by atoms with E-state index in [0.29, 0.717) is 12.1 Å². The quantitative estimate of drug-likeness (QED) is 0.788. The van der Waals surface area contributed by atoms with Gasteiger partial charge in [0.05, 0.1) is 24.7 Å². The molecule has 0 aliphatic carbocycles. The van der Waals surface area contributed by atoms with Gasteiger partial charge < -0.3 is 15.4 Å². The van der Waals surface area contributed by atoms with Crippen LogP contribution in [0.2, 0.25) is 0 Å². The van der Waals surface area contributed by atoms with Crippen LogP contribution in [0.4, 0.5) is 10.5 Å². The van der Waals surface area contributed by atoms with Crippen LogP contribution in [0.15, 0.2) is 12.5 Å². The Morgan fingerprint density at radius 2 is 2.24 bits per heavy atom. The fourth-order valence-electron chi connectivity index (χ4n) is 1.16. The Morgan fingerprint density at radius 1 is 1.47 bits per heavy atom. The van der Waals surface area contributed by atoms with Crippen molar-refractivity contribution in [2.75, 3.05) is 19.0 Å². The summed E-state index contributed by atoms with van der Waals surface area (Å²) in [7, 11) is 1.23. The molecule has 0 bridgehead atoms. The van der Waals surface area contributed by atoms with Crippen molar-refractivity contribution in [2.24, 2.45) is 0 Å². The molecule has 7 nitrogen and oxygen atoms in total. The van der Waals surface area contributed by atoms with Gasteiger partial charge in [0.2, 0.25) is 5.91 Å². The molecule has 0 saturated heterocycles. The number of methoxy groups -OCH3 is 1. The SMILES string of the molecule is CCc1ncncc1NC(=O)CNC(=O)OC. The lowest BCUT2D eigenvalue weighted by atomic mass is 10.3. The Morgan fingerprint density at radius 3 is 2.88 bits per heavy atom. The second-order valence-corrected chi connectivity index (χ2v) is 3.13. The number of nitrogens with one attached hydrogen (secondary N) is 2. The fraction of sp³-hybridized carbons (Fsp3) is 0.400. The maximum absolute atomic E-state index is 11.5. The minimum absolute atomic E-state index is 0.162. The van der Waals surface area contributed by atoms with Gasteiger partial charge in [0.25, 0.3) is 0 Å². The van der Waals surface area contributed by atoms with Crippen LogP contribution in [0, 0.1) is 0 Å². The molecule has 92 valence electrons. The third-order valence-electron chi connectivity index (χ3n) is 1.98. The molecule has 1 aromatic rings. The number of rotatable bonds is 4. The standard InChI is InChI=1S/C10H14N4O3/c1-3-7-8(4-11-6-13-7)14-9(15)5-12-10(16)17-2/h4,6H,3,5H2,1-2H3,(H,12,16)(H,14,15). The van der Waals surface area contributed by atoms with Gasteiger partial charge in [-0.3, -0.25) is 4.79 Å². The predicted octanol–water partition coefficient (Wildman–Crippen LogP) is 0.333. The average molecular weight is 238 g/mol. The Hall–Kier alpha value is -2.18. The Labute approximate surface area is 98.6 Å². The lowest BCUT2D eigenvalue weighted by Crippen LogP contribution is -2.32. The van der Waals surface area contributed by atoms with Crippen LogP contribution in [0.3, 0.4) is 0 Å². The third kappa shape index (κ3) is 4.06. The summed E-state index contributed by atoms with van der Waals surface area (Å²) in [5, 5.41) is 4.88. The van der Waals surface area contributed by atoms with Crippen LogP contribution in [0.5, 0.6) is 0 Å². The van der Waals surface area contributed by atoms with Crippen molar-refractivity contribution < 1.29 is 14.3 Å². The molecule has 7 heteroatoms. The Bertz CT molecular complexity index is 408. The number of amides is 2. The molecule has 0 fully saturated rings. The molecular formula is C10H14N4O3. The van der Waals surface area contributed by atoms with Gasteiger partial charge in [-0.25, -0.2) is 14.8 Å². The first-order valence-corrected chi connectivity index (χ1v) is 5.08. The monoisotopic (exact) mass is 238 g/mol. The van der Waals surface area contributed by atoms with Gasteiger partial charge in [-0.2, -0.15) is 0 Å². The first-order chi connectivity index (χ1) is 8.17. The van der Waals surface area contributed by atoms with E-state index in [2.05, 4.69) is 25.3 Å². The van der Waals surface area contributed by atoms with E-state index in [1.165, 1.54) is 19.6 Å². The van der Waals surface area contributed by atoms with Gasteiger partial charge >= 0.3 is 6.09 Å². The first kappa shape index (κ1) is 12.9. The zero-order valence-corrected chi connectivity index (χ0v) is 9.69. The van der Waals surface area contributed by atoms with E-state index in [-0.39, 0.29) is 12.5 Å². The lowest BCUT2D eigenvalue weighted by molar-refractivity contribution is -0.115. The highest BCUT2D eigenvalue weighted by atomic mass is 16.5. The molecule has 17 heavy (non-hydrogen) atoms. The summed E-state index contributed by atoms with van der Waals surface area (Å²) in [6.45, 7) is 1.76. The van der Waals surface area contributed by atoms with E-state index in [0.717, 1.165) is 5.69 Å². The number of aryl methyl sites for hydroxylation is 1. The molecule has 0 atom stereocenters. The molecule has 0 radical (unpaired) electrons. The fourth-order valence-corrected chi connectivity index (χ4v) is 1.16. The minimum Gasteiger partial charge on any atom is -0.453 e. The summed E-state index contributed by atoms with van der Waals surface area (Å²) < 4.78 is 4.34. The van der Waals surface area contributed by atoms with Gasteiger partial charge in [-0.1, -0.05) is 6.92 Å². The largest absolute Gasteiger partial charge is 0.453 e. The summed E-state index contributed by atoms with van der Waals surface area (Å²) >= 11 is 0. The minimum atomic E-state index is -0.653. The highest BCUT2D eigenvalue weighted by Gasteiger charge is 2.08. The van der Waals surface area contributed by atoms with Crippen molar-refractivity contribution in [1.82, 2.24) is 15.3 Å². The van der Waals surface area contributed by atoms with Crippen LogP contribution in [0.1, 0.15) is 12.6 Å². The van der Waals surface area contributed by atoms with Crippen LogP contribution >= 0.6 is 0 Å². The zero-order valence-electron chi connectivity index (χ0n) is 9.69. The maximum atomic E-state index is 11.5. The van der Waals surface area contributed by atoms with Crippen molar-refractivity contribution in [3.8, 4) is 0 Å². The summed E-state index contributed by atoms with van der Waals surface area (Å²) in [4.78, 5) is 30.1. The van der Waals surface area contributed by atoms with Crippen molar-refractivity contribution in [2.45, 2.75) is 13.3 Å². The number of nitrogens with zero attached hydrogens (tertiary/aromatic N) is 2. The van der Waals surface area contributed by atoms with E-state index in [9.17, 15) is 9.59 Å². The normalized spacial score (nSPS) is 9.53. The number of hydrogen-bond donors (Lipinski definition) is 2. The van der Waals surface area contributed by atoms with Crippen LogP contribution in [-0.2, 0) is 16.0 Å². The summed E-state index contributed by atoms with van der Waals surface area (Å²) in [6.07, 6.45) is 2.96. The molecule has 0 unspecified atom stereocenters. The van der Waals surface area contributed by atoms with Crippen LogP contribution < -0.4 is 10.6 Å². The second-order valence-electron chi connectivity index (χ2n) is 3.13. The number of carbonyl (C=O) groups excluding carboxylic acids is 2. The molecular weight excluding hydrogens is 224 g/mol. The number of ether oxygens (including phenoxy) is 1. The Balaban J connectivity index is 2.53. The van der Waals surface area contributed by atoms with Crippen molar-refractivity contribution in [3.63, 3.8) is 0 Å². The molecule has 0 aliphatic heterocycles. The number of alkyl carbamates (subject to hydrolysis) is 1. The summed E-state index contributed by atoms with van der Waals surface area (Å²) in [6, 6.07) is 0. The third-order valence-corrected chi connectivity index (χ3v) is 1.98. The van der Waals surface area contributed by atoms with E-state index in [1.54, 1.807) is 0 Å². The number of hydrogen-bond acceptors (Lipinski definition) is 5. The molecule has 1 rings (SSSR count).